The maximum atomic E-state index is 12.4. The van der Waals surface area contributed by atoms with Gasteiger partial charge in [0.1, 0.15) is 0 Å². The van der Waals surface area contributed by atoms with E-state index in [2.05, 4.69) is 26.3 Å². The first-order valence-corrected chi connectivity index (χ1v) is 9.70. The summed E-state index contributed by atoms with van der Waals surface area (Å²) in [5.74, 6) is -0.575. The van der Waals surface area contributed by atoms with Crippen LogP contribution in [0.2, 0.25) is 0 Å². The number of nitrogens with zero attached hydrogens (tertiary/aromatic N) is 2. The number of aromatic nitrogens is 2. The number of esters is 1. The van der Waals surface area contributed by atoms with Gasteiger partial charge in [-0.3, -0.25) is 9.48 Å². The lowest BCUT2D eigenvalue weighted by Crippen LogP contribution is -2.12. The van der Waals surface area contributed by atoms with E-state index in [0.29, 0.717) is 30.0 Å². The predicted octanol–water partition coefficient (Wildman–Crippen LogP) is 4.51. The molecule has 0 unspecified atom stereocenters. The van der Waals surface area contributed by atoms with Gasteiger partial charge in [-0.1, -0.05) is 19.1 Å². The van der Waals surface area contributed by atoms with E-state index in [1.165, 1.54) is 0 Å². The van der Waals surface area contributed by atoms with Gasteiger partial charge < -0.3 is 10.1 Å². The first kappa shape index (κ1) is 19.8. The van der Waals surface area contributed by atoms with Crippen LogP contribution >= 0.6 is 15.9 Å². The average molecular weight is 442 g/mol. The Kier molecular flexibility index (Phi) is 6.60. The minimum Gasteiger partial charge on any atom is -0.462 e. The molecule has 6 nitrogen and oxygen atoms in total. The molecule has 144 valence electrons. The summed E-state index contributed by atoms with van der Waals surface area (Å²) >= 11 is 3.37. The van der Waals surface area contributed by atoms with E-state index in [1.54, 1.807) is 42.6 Å². The van der Waals surface area contributed by atoms with Crippen molar-refractivity contribution in [2.45, 2.75) is 19.9 Å². The van der Waals surface area contributed by atoms with Gasteiger partial charge in [0.25, 0.3) is 5.91 Å². The Balaban J connectivity index is 1.59. The molecule has 0 aliphatic rings. The summed E-state index contributed by atoms with van der Waals surface area (Å²) in [5.41, 5.74) is 2.67. The van der Waals surface area contributed by atoms with Gasteiger partial charge in [-0.25, -0.2) is 4.79 Å². The van der Waals surface area contributed by atoms with Crippen LogP contribution in [0.3, 0.4) is 0 Å². The first-order valence-electron chi connectivity index (χ1n) is 8.90. The molecule has 28 heavy (non-hydrogen) atoms. The van der Waals surface area contributed by atoms with E-state index < -0.39 is 0 Å². The highest BCUT2D eigenvalue weighted by Crippen LogP contribution is 2.14. The number of anilines is 1. The zero-order chi connectivity index (χ0) is 19.9. The number of hydrogen-bond donors (Lipinski definition) is 1. The third kappa shape index (κ3) is 5.29. The molecule has 7 heteroatoms. The van der Waals surface area contributed by atoms with Crippen LogP contribution in [0.25, 0.3) is 0 Å². The number of ether oxygens (including phenoxy) is 1. The minimum atomic E-state index is -0.362. The summed E-state index contributed by atoms with van der Waals surface area (Å²) < 4.78 is 7.82. The van der Waals surface area contributed by atoms with E-state index in [4.69, 9.17) is 4.74 Å². The van der Waals surface area contributed by atoms with Gasteiger partial charge in [0.15, 0.2) is 0 Å². The summed E-state index contributed by atoms with van der Waals surface area (Å²) in [4.78, 5) is 24.2. The maximum Gasteiger partial charge on any atom is 0.338 e. The van der Waals surface area contributed by atoms with Gasteiger partial charge in [0, 0.05) is 17.4 Å². The molecule has 0 saturated carbocycles. The molecule has 0 atom stereocenters. The number of amides is 1. The highest BCUT2D eigenvalue weighted by atomic mass is 79.9. The lowest BCUT2D eigenvalue weighted by molar-refractivity contribution is 0.0505. The number of nitrogens with one attached hydrogen (secondary N) is 1. The Labute approximate surface area is 171 Å². The van der Waals surface area contributed by atoms with Gasteiger partial charge in [-0.2, -0.15) is 5.10 Å². The molecule has 1 heterocycles. The Bertz CT molecular complexity index is 950. The van der Waals surface area contributed by atoms with Crippen molar-refractivity contribution in [3.63, 3.8) is 0 Å². The number of benzene rings is 2. The van der Waals surface area contributed by atoms with Crippen molar-refractivity contribution in [3.05, 3.63) is 82.1 Å². The molecule has 3 rings (SSSR count). The number of halogens is 1. The molecule has 0 radical (unpaired) electrons. The molecular weight excluding hydrogens is 422 g/mol. The number of rotatable bonds is 7. The monoisotopic (exact) mass is 441 g/mol. The van der Waals surface area contributed by atoms with E-state index in [1.807, 2.05) is 29.9 Å². The summed E-state index contributed by atoms with van der Waals surface area (Å²) in [5, 5.41) is 7.04. The van der Waals surface area contributed by atoms with E-state index >= 15 is 0 Å². The molecule has 1 N–H and O–H groups in total. The van der Waals surface area contributed by atoms with Crippen LogP contribution in [-0.2, 0) is 11.3 Å². The molecule has 1 aromatic heterocycles. The maximum absolute atomic E-state index is 12.4. The van der Waals surface area contributed by atoms with Crippen molar-refractivity contribution >= 4 is 33.5 Å². The fraction of sp³-hybridized carbons (Fsp3) is 0.190. The summed E-state index contributed by atoms with van der Waals surface area (Å²) in [6, 6.07) is 14.0. The van der Waals surface area contributed by atoms with Crippen molar-refractivity contribution in [3.8, 4) is 0 Å². The third-order valence-electron chi connectivity index (χ3n) is 3.98. The third-order valence-corrected chi connectivity index (χ3v) is 4.39. The zero-order valence-corrected chi connectivity index (χ0v) is 17.0. The highest BCUT2D eigenvalue weighted by molar-refractivity contribution is 9.10. The fourth-order valence-corrected chi connectivity index (χ4v) is 2.87. The lowest BCUT2D eigenvalue weighted by Gasteiger charge is -2.08. The fourth-order valence-electron chi connectivity index (χ4n) is 2.54. The van der Waals surface area contributed by atoms with Crippen LogP contribution in [0.1, 0.15) is 39.6 Å². The molecule has 2 aromatic carbocycles. The smallest absolute Gasteiger partial charge is 0.338 e. The SMILES string of the molecule is CCCOC(=O)c1ccc(NC(=O)c2ccc(Cn3cc(Br)cn3)cc2)cc1. The molecule has 0 fully saturated rings. The van der Waals surface area contributed by atoms with E-state index in [-0.39, 0.29) is 11.9 Å². The van der Waals surface area contributed by atoms with Gasteiger partial charge in [-0.05, 0) is 64.3 Å². The van der Waals surface area contributed by atoms with Crippen LogP contribution in [0.5, 0.6) is 0 Å². The summed E-state index contributed by atoms with van der Waals surface area (Å²) in [7, 11) is 0. The van der Waals surface area contributed by atoms with Crippen LogP contribution in [0, 0.1) is 0 Å². The predicted molar refractivity (Wildman–Crippen MR) is 110 cm³/mol. The zero-order valence-electron chi connectivity index (χ0n) is 15.4. The van der Waals surface area contributed by atoms with Crippen LogP contribution in [0.15, 0.2) is 65.4 Å². The standard InChI is InChI=1S/C21H20BrN3O3/c1-2-11-28-21(27)17-7-9-19(10-8-17)24-20(26)16-5-3-15(4-6-16)13-25-14-18(22)12-23-25/h3-10,12,14H,2,11,13H2,1H3,(H,24,26). The lowest BCUT2D eigenvalue weighted by atomic mass is 10.1. The van der Waals surface area contributed by atoms with Gasteiger partial charge in [-0.15, -0.1) is 0 Å². The number of carbonyl (C=O) groups is 2. The van der Waals surface area contributed by atoms with Crippen LogP contribution < -0.4 is 5.32 Å². The second-order valence-electron chi connectivity index (χ2n) is 6.22. The molecule has 0 aliphatic heterocycles. The van der Waals surface area contributed by atoms with Crippen molar-refractivity contribution in [2.24, 2.45) is 0 Å². The molecule has 0 aliphatic carbocycles. The molecule has 0 spiro atoms. The highest BCUT2D eigenvalue weighted by Gasteiger charge is 2.09. The second kappa shape index (κ2) is 9.32. The second-order valence-corrected chi connectivity index (χ2v) is 7.14. The summed E-state index contributed by atoms with van der Waals surface area (Å²) in [6.07, 6.45) is 4.40. The quantitative estimate of drug-likeness (QED) is 0.547. The van der Waals surface area contributed by atoms with Crippen molar-refractivity contribution in [1.82, 2.24) is 9.78 Å². The summed E-state index contributed by atoms with van der Waals surface area (Å²) in [6.45, 7) is 2.96. The Morgan fingerprint density at radius 3 is 2.36 bits per heavy atom. The topological polar surface area (TPSA) is 73.2 Å². The van der Waals surface area contributed by atoms with Gasteiger partial charge in [0.05, 0.1) is 29.4 Å². The molecule has 1 amide bonds. The molecule has 3 aromatic rings. The van der Waals surface area contributed by atoms with Crippen molar-refractivity contribution in [1.29, 1.82) is 0 Å². The number of hydrogen-bond acceptors (Lipinski definition) is 4. The normalized spacial score (nSPS) is 10.5. The Morgan fingerprint density at radius 2 is 1.75 bits per heavy atom. The molecule has 0 saturated heterocycles. The first-order chi connectivity index (χ1) is 13.5. The minimum absolute atomic E-state index is 0.213. The average Bonchev–Trinajstić information content (AvgIpc) is 3.11. The molecule has 0 bridgehead atoms. The van der Waals surface area contributed by atoms with E-state index in [0.717, 1.165) is 16.5 Å². The van der Waals surface area contributed by atoms with Gasteiger partial charge >= 0.3 is 5.97 Å². The van der Waals surface area contributed by atoms with Crippen molar-refractivity contribution < 1.29 is 14.3 Å². The van der Waals surface area contributed by atoms with Crippen LogP contribution in [0.4, 0.5) is 5.69 Å². The number of carbonyl (C=O) groups excluding carboxylic acids is 2. The van der Waals surface area contributed by atoms with Gasteiger partial charge in [0.2, 0.25) is 0 Å². The van der Waals surface area contributed by atoms with E-state index in [9.17, 15) is 9.59 Å². The Hall–Kier alpha value is -2.93. The molecular formula is C21H20BrN3O3. The Morgan fingerprint density at radius 1 is 1.07 bits per heavy atom. The van der Waals surface area contributed by atoms with Crippen LogP contribution in [-0.4, -0.2) is 28.3 Å². The largest absolute Gasteiger partial charge is 0.462 e. The van der Waals surface area contributed by atoms with Crippen molar-refractivity contribution in [2.75, 3.05) is 11.9 Å².